The summed E-state index contributed by atoms with van der Waals surface area (Å²) in [6.45, 7) is 0. The maximum Gasteiger partial charge on any atom is 0.227 e. The van der Waals surface area contributed by atoms with Crippen LogP contribution in [0.1, 0.15) is 0 Å². The summed E-state index contributed by atoms with van der Waals surface area (Å²) in [5, 5.41) is 0. The Morgan fingerprint density at radius 3 is 2.63 bits per heavy atom. The first kappa shape index (κ1) is 10.1. The van der Waals surface area contributed by atoms with Crippen molar-refractivity contribution in [1.29, 1.82) is 0 Å². The van der Waals surface area contributed by atoms with E-state index in [1.165, 1.54) is 6.39 Å². The zero-order valence-electron chi connectivity index (χ0n) is 9.83. The molecule has 0 bridgehead atoms. The molecular weight excluding hydrogens is 242 g/mol. The first-order valence-electron chi connectivity index (χ1n) is 5.79. The number of hydrogen-bond acceptors (Lipinski definition) is 5. The molecule has 2 aromatic carbocycles. The van der Waals surface area contributed by atoms with E-state index < -0.39 is 0 Å². The fourth-order valence-corrected chi connectivity index (χ4v) is 2.03. The number of nitrogens with two attached hydrogens (primary N) is 1. The van der Waals surface area contributed by atoms with Crippen LogP contribution in [0.2, 0.25) is 0 Å². The molecule has 2 aromatic heterocycles. The van der Waals surface area contributed by atoms with Crippen molar-refractivity contribution in [3.05, 3.63) is 42.8 Å². The minimum absolute atomic E-state index is 0.558. The van der Waals surface area contributed by atoms with Gasteiger partial charge in [0.25, 0.3) is 0 Å². The first-order chi connectivity index (χ1) is 9.29. The van der Waals surface area contributed by atoms with Gasteiger partial charge in [0.15, 0.2) is 17.6 Å². The second-order valence-corrected chi connectivity index (χ2v) is 4.28. The summed E-state index contributed by atoms with van der Waals surface area (Å²) >= 11 is 0. The van der Waals surface area contributed by atoms with Gasteiger partial charge in [0.2, 0.25) is 5.89 Å². The fourth-order valence-electron chi connectivity index (χ4n) is 2.03. The van der Waals surface area contributed by atoms with Crippen LogP contribution in [0.25, 0.3) is 33.7 Å². The molecule has 0 radical (unpaired) electrons. The van der Waals surface area contributed by atoms with E-state index in [9.17, 15) is 0 Å². The largest absolute Gasteiger partial charge is 0.443 e. The summed E-state index contributed by atoms with van der Waals surface area (Å²) in [6.07, 6.45) is 1.41. The van der Waals surface area contributed by atoms with Gasteiger partial charge in [-0.05, 0) is 30.3 Å². The van der Waals surface area contributed by atoms with E-state index in [2.05, 4.69) is 9.97 Å². The summed E-state index contributed by atoms with van der Waals surface area (Å²) < 4.78 is 11.0. The molecule has 19 heavy (non-hydrogen) atoms. The maximum atomic E-state index is 5.73. The third-order valence-corrected chi connectivity index (χ3v) is 3.00. The van der Waals surface area contributed by atoms with Gasteiger partial charge in [0.1, 0.15) is 11.0 Å². The van der Waals surface area contributed by atoms with Gasteiger partial charge in [-0.3, -0.25) is 0 Å². The van der Waals surface area contributed by atoms with Crippen molar-refractivity contribution in [2.45, 2.75) is 0 Å². The second kappa shape index (κ2) is 3.58. The van der Waals surface area contributed by atoms with Crippen LogP contribution < -0.4 is 5.73 Å². The van der Waals surface area contributed by atoms with Gasteiger partial charge in [-0.25, -0.2) is 9.97 Å². The summed E-state index contributed by atoms with van der Waals surface area (Å²) in [4.78, 5) is 8.55. The molecule has 0 aliphatic carbocycles. The van der Waals surface area contributed by atoms with E-state index in [0.29, 0.717) is 22.7 Å². The highest BCUT2D eigenvalue weighted by Gasteiger charge is 2.10. The Balaban J connectivity index is 1.93. The molecule has 4 aromatic rings. The number of benzene rings is 2. The summed E-state index contributed by atoms with van der Waals surface area (Å²) in [5.74, 6) is 0.558. The Morgan fingerprint density at radius 1 is 0.947 bits per heavy atom. The number of oxazole rings is 2. The number of hydrogen-bond donors (Lipinski definition) is 1. The van der Waals surface area contributed by atoms with Crippen molar-refractivity contribution < 1.29 is 8.83 Å². The van der Waals surface area contributed by atoms with Crippen molar-refractivity contribution in [3.8, 4) is 11.5 Å². The quantitative estimate of drug-likeness (QED) is 0.525. The first-order valence-corrected chi connectivity index (χ1v) is 5.79. The molecule has 0 aliphatic heterocycles. The van der Waals surface area contributed by atoms with Gasteiger partial charge in [-0.15, -0.1) is 0 Å². The fraction of sp³-hybridized carbons (Fsp3) is 0. The summed E-state index contributed by atoms with van der Waals surface area (Å²) in [5.41, 5.74) is 10.1. The Bertz CT molecular complexity index is 827. The topological polar surface area (TPSA) is 78.1 Å². The van der Waals surface area contributed by atoms with Gasteiger partial charge in [0, 0.05) is 17.3 Å². The lowest BCUT2D eigenvalue weighted by atomic mass is 10.2. The standard InChI is InChI=1S/C14H9N3O2/c15-9-3-1-8(2-4-9)14-17-11-5-10-12(18-7-16-10)6-13(11)19-14/h1-7H,15H2. The van der Waals surface area contributed by atoms with Gasteiger partial charge >= 0.3 is 0 Å². The van der Waals surface area contributed by atoms with Crippen molar-refractivity contribution in [1.82, 2.24) is 9.97 Å². The van der Waals surface area contributed by atoms with E-state index in [-0.39, 0.29) is 0 Å². The zero-order valence-corrected chi connectivity index (χ0v) is 9.83. The van der Waals surface area contributed by atoms with Gasteiger partial charge < -0.3 is 14.6 Å². The van der Waals surface area contributed by atoms with Gasteiger partial charge in [0.05, 0.1) is 0 Å². The second-order valence-electron chi connectivity index (χ2n) is 4.28. The van der Waals surface area contributed by atoms with Crippen LogP contribution >= 0.6 is 0 Å². The molecule has 0 spiro atoms. The molecule has 92 valence electrons. The number of anilines is 1. The Kier molecular flexibility index (Phi) is 1.91. The zero-order chi connectivity index (χ0) is 12.8. The van der Waals surface area contributed by atoms with Crippen molar-refractivity contribution in [2.75, 3.05) is 5.73 Å². The van der Waals surface area contributed by atoms with E-state index in [0.717, 1.165) is 16.6 Å². The van der Waals surface area contributed by atoms with Crippen molar-refractivity contribution in [3.63, 3.8) is 0 Å². The SMILES string of the molecule is Nc1ccc(-c2nc3cc4ncoc4cc3o2)cc1. The van der Waals surface area contributed by atoms with Crippen LogP contribution in [0, 0.1) is 0 Å². The Morgan fingerprint density at radius 2 is 1.79 bits per heavy atom. The molecule has 4 rings (SSSR count). The van der Waals surface area contributed by atoms with E-state index >= 15 is 0 Å². The van der Waals surface area contributed by atoms with E-state index in [4.69, 9.17) is 14.6 Å². The molecule has 0 fully saturated rings. The monoisotopic (exact) mass is 251 g/mol. The summed E-state index contributed by atoms with van der Waals surface area (Å²) in [6, 6.07) is 11.0. The predicted molar refractivity (Wildman–Crippen MR) is 71.4 cm³/mol. The lowest BCUT2D eigenvalue weighted by Gasteiger charge is -1.95. The number of nitrogens with zero attached hydrogens (tertiary/aromatic N) is 2. The number of rotatable bonds is 1. The maximum absolute atomic E-state index is 5.73. The van der Waals surface area contributed by atoms with Crippen LogP contribution in [0.5, 0.6) is 0 Å². The molecule has 0 aliphatic rings. The minimum atomic E-state index is 0.558. The van der Waals surface area contributed by atoms with Crippen molar-refractivity contribution >= 4 is 27.9 Å². The molecule has 2 N–H and O–H groups in total. The lowest BCUT2D eigenvalue weighted by molar-refractivity contribution is 0.597. The van der Waals surface area contributed by atoms with E-state index in [1.807, 2.05) is 30.3 Å². The van der Waals surface area contributed by atoms with E-state index in [1.54, 1.807) is 6.07 Å². The third-order valence-electron chi connectivity index (χ3n) is 3.00. The molecular formula is C14H9N3O2. The lowest BCUT2D eigenvalue weighted by Crippen LogP contribution is -1.83. The Labute approximate surface area is 107 Å². The van der Waals surface area contributed by atoms with Gasteiger partial charge in [-0.2, -0.15) is 0 Å². The predicted octanol–water partition coefficient (Wildman–Crippen LogP) is 3.22. The molecule has 5 heteroatoms. The molecule has 0 saturated carbocycles. The normalized spacial score (nSPS) is 11.4. The molecule has 0 unspecified atom stereocenters. The molecule has 2 heterocycles. The Hall–Kier alpha value is -2.82. The third kappa shape index (κ3) is 1.55. The average Bonchev–Trinajstić information content (AvgIpc) is 3.01. The molecule has 0 amide bonds. The molecule has 0 atom stereocenters. The van der Waals surface area contributed by atoms with Crippen LogP contribution in [0.3, 0.4) is 0 Å². The van der Waals surface area contributed by atoms with Gasteiger partial charge in [-0.1, -0.05) is 0 Å². The summed E-state index contributed by atoms with van der Waals surface area (Å²) in [7, 11) is 0. The number of nitrogen functional groups attached to an aromatic ring is 1. The average molecular weight is 251 g/mol. The molecule has 5 nitrogen and oxygen atoms in total. The van der Waals surface area contributed by atoms with Crippen molar-refractivity contribution in [2.24, 2.45) is 0 Å². The van der Waals surface area contributed by atoms with Crippen LogP contribution in [-0.2, 0) is 0 Å². The van der Waals surface area contributed by atoms with Crippen LogP contribution in [0.4, 0.5) is 5.69 Å². The highest BCUT2D eigenvalue weighted by molar-refractivity contribution is 5.89. The highest BCUT2D eigenvalue weighted by Crippen LogP contribution is 2.27. The van der Waals surface area contributed by atoms with Crippen LogP contribution in [0.15, 0.2) is 51.6 Å². The van der Waals surface area contributed by atoms with Crippen LogP contribution in [-0.4, -0.2) is 9.97 Å². The number of aromatic nitrogens is 2. The molecule has 0 saturated heterocycles. The minimum Gasteiger partial charge on any atom is -0.443 e. The smallest absolute Gasteiger partial charge is 0.227 e. The highest BCUT2D eigenvalue weighted by atomic mass is 16.4. The number of fused-ring (bicyclic) bond motifs is 2.